The largest absolute Gasteiger partial charge is 0.618 e. The number of fused-ring (bicyclic) bond motifs is 1. The van der Waals surface area contributed by atoms with Gasteiger partial charge in [-0.1, -0.05) is 23.7 Å². The zero-order chi connectivity index (χ0) is 24.6. The summed E-state index contributed by atoms with van der Waals surface area (Å²) in [7, 11) is -3.72. The second kappa shape index (κ2) is 9.21. The fraction of sp³-hybridized carbons (Fsp3) is 0.167. The van der Waals surface area contributed by atoms with Crippen LogP contribution < -0.4 is 4.73 Å². The van der Waals surface area contributed by atoms with E-state index in [9.17, 15) is 18.4 Å². The first-order valence-corrected chi connectivity index (χ1v) is 12.6. The summed E-state index contributed by atoms with van der Waals surface area (Å²) in [6.45, 7) is 0.743. The van der Waals surface area contributed by atoms with Gasteiger partial charge in [0, 0.05) is 55.7 Å². The van der Waals surface area contributed by atoms with Gasteiger partial charge in [-0.2, -0.15) is 9.04 Å². The summed E-state index contributed by atoms with van der Waals surface area (Å²) in [5.74, 6) is -0.397. The molecule has 0 aliphatic carbocycles. The van der Waals surface area contributed by atoms with E-state index in [1.807, 2.05) is 0 Å². The van der Waals surface area contributed by atoms with Crippen LogP contribution in [-0.2, 0) is 10.0 Å². The van der Waals surface area contributed by atoms with Crippen molar-refractivity contribution in [1.29, 1.82) is 0 Å². The maximum Gasteiger partial charge on any atom is 0.291 e. The zero-order valence-corrected chi connectivity index (χ0v) is 20.0. The number of hydrogen-bond acceptors (Lipinski definition) is 6. The van der Waals surface area contributed by atoms with Crippen LogP contribution in [0.1, 0.15) is 10.6 Å². The highest BCUT2D eigenvalue weighted by Gasteiger charge is 2.31. The smallest absolute Gasteiger partial charge is 0.291 e. The van der Waals surface area contributed by atoms with Crippen LogP contribution >= 0.6 is 11.6 Å². The van der Waals surface area contributed by atoms with E-state index in [1.165, 1.54) is 27.8 Å². The van der Waals surface area contributed by atoms with Crippen LogP contribution in [-0.4, -0.2) is 59.7 Å². The van der Waals surface area contributed by atoms with Gasteiger partial charge in [0.05, 0.1) is 10.5 Å². The first kappa shape index (κ1) is 23.2. The van der Waals surface area contributed by atoms with Gasteiger partial charge in [-0.25, -0.2) is 18.4 Å². The van der Waals surface area contributed by atoms with Gasteiger partial charge < -0.3 is 10.1 Å². The van der Waals surface area contributed by atoms with Crippen LogP contribution in [0.5, 0.6) is 0 Å². The van der Waals surface area contributed by atoms with Gasteiger partial charge in [0.15, 0.2) is 6.20 Å². The standard InChI is InChI=1S/C24H20ClN5O4S/c25-20-6-4-18-14-21(7-5-17(18)13-20)35(33,34)29-11-9-28(10-12-29)24(31)23-26-15-19(16-27-23)22-3-1-2-8-30(22)32/h1-8,13-16H,9-12H2. The van der Waals surface area contributed by atoms with E-state index in [0.29, 0.717) is 21.0 Å². The molecule has 178 valence electrons. The van der Waals surface area contributed by atoms with Gasteiger partial charge >= 0.3 is 0 Å². The first-order valence-electron chi connectivity index (χ1n) is 10.8. The van der Waals surface area contributed by atoms with Crippen LogP contribution in [0, 0.1) is 5.21 Å². The Hall–Kier alpha value is -3.60. The van der Waals surface area contributed by atoms with Gasteiger partial charge in [-0.15, -0.1) is 0 Å². The van der Waals surface area contributed by atoms with Crippen molar-refractivity contribution in [3.05, 3.63) is 89.2 Å². The summed E-state index contributed by atoms with van der Waals surface area (Å²) in [5.41, 5.74) is 0.868. The molecule has 1 saturated heterocycles. The Balaban J connectivity index is 1.27. The van der Waals surface area contributed by atoms with Gasteiger partial charge in [-0.3, -0.25) is 4.79 Å². The fourth-order valence-corrected chi connectivity index (χ4v) is 5.64. The molecule has 0 bridgehead atoms. The third-order valence-electron chi connectivity index (χ3n) is 5.90. The Morgan fingerprint density at radius 2 is 1.63 bits per heavy atom. The molecule has 0 spiro atoms. The van der Waals surface area contributed by atoms with Crippen molar-refractivity contribution in [2.45, 2.75) is 4.90 Å². The molecule has 2 aromatic heterocycles. The Labute approximate surface area is 206 Å². The predicted octanol–water partition coefficient (Wildman–Crippen LogP) is 2.73. The highest BCUT2D eigenvalue weighted by molar-refractivity contribution is 7.89. The Kier molecular flexibility index (Phi) is 6.10. The molecule has 1 fully saturated rings. The van der Waals surface area contributed by atoms with Crippen LogP contribution in [0.3, 0.4) is 0 Å². The van der Waals surface area contributed by atoms with Crippen molar-refractivity contribution in [2.24, 2.45) is 0 Å². The number of sulfonamides is 1. The van der Waals surface area contributed by atoms with Crippen molar-refractivity contribution in [1.82, 2.24) is 19.2 Å². The lowest BCUT2D eigenvalue weighted by Crippen LogP contribution is -2.50. The number of hydrogen-bond donors (Lipinski definition) is 0. The van der Waals surface area contributed by atoms with Crippen LogP contribution in [0.25, 0.3) is 22.0 Å². The van der Waals surface area contributed by atoms with Crippen LogP contribution in [0.15, 0.2) is 78.1 Å². The number of rotatable bonds is 4. The molecule has 11 heteroatoms. The number of aromatic nitrogens is 3. The minimum atomic E-state index is -3.72. The predicted molar refractivity (Wildman–Crippen MR) is 130 cm³/mol. The van der Waals surface area contributed by atoms with Gasteiger partial charge in [-0.05, 0) is 41.1 Å². The molecule has 3 heterocycles. The number of carbonyl (C=O) groups excluding carboxylic acids is 1. The summed E-state index contributed by atoms with van der Waals surface area (Å²) < 4.78 is 28.5. The molecule has 4 aromatic rings. The van der Waals surface area contributed by atoms with Gasteiger partial charge in [0.2, 0.25) is 21.5 Å². The summed E-state index contributed by atoms with van der Waals surface area (Å²) in [5, 5.41) is 14.1. The molecule has 0 atom stereocenters. The van der Waals surface area contributed by atoms with E-state index >= 15 is 0 Å². The van der Waals surface area contributed by atoms with Crippen molar-refractivity contribution < 1.29 is 17.9 Å². The number of pyridine rings is 1. The molecule has 0 saturated carbocycles. The van der Waals surface area contributed by atoms with E-state index in [1.54, 1.807) is 54.6 Å². The summed E-state index contributed by atoms with van der Waals surface area (Å²) in [6, 6.07) is 15.2. The topological polar surface area (TPSA) is 110 Å². The molecule has 2 aromatic carbocycles. The minimum Gasteiger partial charge on any atom is -0.618 e. The van der Waals surface area contributed by atoms with Crippen molar-refractivity contribution >= 4 is 38.3 Å². The van der Waals surface area contributed by atoms with E-state index in [-0.39, 0.29) is 42.8 Å². The molecule has 1 amide bonds. The first-order chi connectivity index (χ1) is 16.8. The van der Waals surface area contributed by atoms with E-state index in [4.69, 9.17) is 11.6 Å². The summed E-state index contributed by atoms with van der Waals surface area (Å²) in [4.78, 5) is 22.8. The molecule has 5 rings (SSSR count). The maximum atomic E-state index is 13.2. The lowest BCUT2D eigenvalue weighted by molar-refractivity contribution is -0.593. The Morgan fingerprint density at radius 1 is 0.943 bits per heavy atom. The monoisotopic (exact) mass is 509 g/mol. The van der Waals surface area contributed by atoms with Crippen LogP contribution in [0.4, 0.5) is 0 Å². The Morgan fingerprint density at radius 3 is 2.34 bits per heavy atom. The molecule has 1 aliphatic heterocycles. The van der Waals surface area contributed by atoms with Gasteiger partial charge in [0.25, 0.3) is 5.91 Å². The van der Waals surface area contributed by atoms with Crippen molar-refractivity contribution in [3.8, 4) is 11.3 Å². The molecule has 0 N–H and O–H groups in total. The summed E-state index contributed by atoms with van der Waals surface area (Å²) in [6.07, 6.45) is 4.23. The maximum absolute atomic E-state index is 13.2. The molecule has 9 nitrogen and oxygen atoms in total. The Bertz CT molecular complexity index is 1520. The van der Waals surface area contributed by atoms with Crippen molar-refractivity contribution in [2.75, 3.05) is 26.2 Å². The number of piperazine rings is 1. The third-order valence-corrected chi connectivity index (χ3v) is 8.03. The minimum absolute atomic E-state index is 0.00775. The molecule has 35 heavy (non-hydrogen) atoms. The normalized spacial score (nSPS) is 14.8. The number of carbonyl (C=O) groups is 1. The molecule has 0 radical (unpaired) electrons. The fourth-order valence-electron chi connectivity index (χ4n) is 4.00. The molecular weight excluding hydrogens is 490 g/mol. The number of benzene rings is 2. The molecule has 1 aliphatic rings. The quantitative estimate of drug-likeness (QED) is 0.309. The lowest BCUT2D eigenvalue weighted by Gasteiger charge is -2.33. The summed E-state index contributed by atoms with van der Waals surface area (Å²) >= 11 is 6.01. The number of amides is 1. The van der Waals surface area contributed by atoms with E-state index in [2.05, 4.69) is 9.97 Å². The lowest BCUT2D eigenvalue weighted by atomic mass is 10.1. The average molecular weight is 510 g/mol. The second-order valence-electron chi connectivity index (χ2n) is 8.06. The highest BCUT2D eigenvalue weighted by atomic mass is 35.5. The highest BCUT2D eigenvalue weighted by Crippen LogP contribution is 2.25. The number of nitrogens with zero attached hydrogens (tertiary/aromatic N) is 5. The molecular formula is C24H20ClN5O4S. The number of halogens is 1. The van der Waals surface area contributed by atoms with E-state index in [0.717, 1.165) is 10.8 Å². The zero-order valence-electron chi connectivity index (χ0n) is 18.4. The van der Waals surface area contributed by atoms with Crippen LogP contribution in [0.2, 0.25) is 5.02 Å². The SMILES string of the molecule is O=C(c1ncc(-c2cccc[n+]2[O-])cn1)N1CCN(S(=O)(=O)c2ccc3cc(Cl)ccc3c2)CC1. The second-order valence-corrected chi connectivity index (χ2v) is 10.4. The van der Waals surface area contributed by atoms with Crippen molar-refractivity contribution in [3.63, 3.8) is 0 Å². The van der Waals surface area contributed by atoms with Gasteiger partial charge in [0.1, 0.15) is 0 Å². The average Bonchev–Trinajstić information content (AvgIpc) is 2.88. The molecule has 0 unspecified atom stereocenters. The van der Waals surface area contributed by atoms with E-state index < -0.39 is 10.0 Å². The third kappa shape index (κ3) is 4.55.